The third-order valence-corrected chi connectivity index (χ3v) is 1.71. The standard InChI is InChI=1S/C3H4Cl2O2S/c4-1-3(5)2-8(6)7/h1H,2H2,(H,6,7). The Kier molecular flexibility index (Phi) is 4.56. The van der Waals surface area contributed by atoms with Gasteiger partial charge in [-0.2, -0.15) is 0 Å². The second-order valence-electron chi connectivity index (χ2n) is 1.02. The molecule has 0 saturated carbocycles. The molecule has 2 nitrogen and oxygen atoms in total. The average Bonchev–Trinajstić information content (AvgIpc) is 1.65. The summed E-state index contributed by atoms with van der Waals surface area (Å²) in [6.45, 7) is 0. The van der Waals surface area contributed by atoms with Gasteiger partial charge in [0.15, 0.2) is 11.1 Å². The van der Waals surface area contributed by atoms with Gasteiger partial charge in [0.05, 0.1) is 5.75 Å². The third-order valence-electron chi connectivity index (χ3n) is 0.380. The zero-order valence-corrected chi connectivity index (χ0v) is 6.13. The van der Waals surface area contributed by atoms with Crippen LogP contribution >= 0.6 is 23.2 Å². The van der Waals surface area contributed by atoms with Crippen molar-refractivity contribution in [2.24, 2.45) is 0 Å². The van der Waals surface area contributed by atoms with Crippen LogP contribution in [0.2, 0.25) is 0 Å². The lowest BCUT2D eigenvalue weighted by molar-refractivity contribution is 0.567. The van der Waals surface area contributed by atoms with E-state index >= 15 is 0 Å². The summed E-state index contributed by atoms with van der Waals surface area (Å²) in [7, 11) is 0. The van der Waals surface area contributed by atoms with E-state index in [0.29, 0.717) is 0 Å². The quantitative estimate of drug-likeness (QED) is 0.646. The molecule has 0 aromatic rings. The predicted octanol–water partition coefficient (Wildman–Crippen LogP) is 1.53. The lowest BCUT2D eigenvalue weighted by Gasteiger charge is -1.87. The van der Waals surface area contributed by atoms with E-state index in [1.165, 1.54) is 0 Å². The van der Waals surface area contributed by atoms with E-state index in [1.807, 2.05) is 0 Å². The van der Waals surface area contributed by atoms with Crippen LogP contribution in [0.1, 0.15) is 0 Å². The summed E-state index contributed by atoms with van der Waals surface area (Å²) in [5, 5.41) is 0.188. The summed E-state index contributed by atoms with van der Waals surface area (Å²) >= 11 is 8.41. The van der Waals surface area contributed by atoms with Gasteiger partial charge < -0.3 is 4.55 Å². The Morgan fingerprint density at radius 3 is 2.50 bits per heavy atom. The van der Waals surface area contributed by atoms with Gasteiger partial charge in [0.1, 0.15) is 0 Å². The molecular weight excluding hydrogens is 171 g/mol. The molecule has 0 aliphatic heterocycles. The first-order valence-corrected chi connectivity index (χ1v) is 3.78. The molecule has 0 fully saturated rings. The van der Waals surface area contributed by atoms with Crippen molar-refractivity contribution < 1.29 is 8.76 Å². The Balaban J connectivity index is 3.56. The number of halogens is 2. The summed E-state index contributed by atoms with van der Waals surface area (Å²) in [6, 6.07) is 0. The van der Waals surface area contributed by atoms with Gasteiger partial charge in [-0.25, -0.2) is 4.21 Å². The molecular formula is C3H4Cl2O2S. The fourth-order valence-electron chi connectivity index (χ4n) is 0.149. The summed E-state index contributed by atoms with van der Waals surface area (Å²) in [4.78, 5) is 0. The highest BCUT2D eigenvalue weighted by Gasteiger charge is 1.94. The van der Waals surface area contributed by atoms with E-state index in [-0.39, 0.29) is 10.8 Å². The van der Waals surface area contributed by atoms with Gasteiger partial charge in [0.25, 0.3) is 0 Å². The van der Waals surface area contributed by atoms with Crippen LogP contribution in [0.3, 0.4) is 0 Å². The smallest absolute Gasteiger partial charge is 0.158 e. The van der Waals surface area contributed by atoms with Crippen molar-refractivity contribution in [1.82, 2.24) is 0 Å². The number of hydrogen-bond donors (Lipinski definition) is 1. The first-order valence-electron chi connectivity index (χ1n) is 1.69. The van der Waals surface area contributed by atoms with Crippen molar-refractivity contribution in [1.29, 1.82) is 0 Å². The lowest BCUT2D eigenvalue weighted by Crippen LogP contribution is -1.92. The van der Waals surface area contributed by atoms with Gasteiger partial charge in [0, 0.05) is 10.6 Å². The van der Waals surface area contributed by atoms with Crippen LogP contribution < -0.4 is 0 Å². The monoisotopic (exact) mass is 174 g/mol. The Bertz CT molecular complexity index is 122. The SMILES string of the molecule is O=S(O)CC(Cl)=CCl. The maximum absolute atomic E-state index is 9.90. The molecule has 48 valence electrons. The molecule has 5 heteroatoms. The molecule has 0 saturated heterocycles. The molecule has 1 atom stereocenters. The molecule has 0 aliphatic carbocycles. The van der Waals surface area contributed by atoms with Crippen molar-refractivity contribution in [3.8, 4) is 0 Å². The summed E-state index contributed by atoms with van der Waals surface area (Å²) in [6.07, 6.45) is 0. The maximum atomic E-state index is 9.90. The van der Waals surface area contributed by atoms with Crippen molar-refractivity contribution in [3.63, 3.8) is 0 Å². The Labute approximate surface area is 59.8 Å². The van der Waals surface area contributed by atoms with Crippen LogP contribution in [-0.2, 0) is 11.1 Å². The Morgan fingerprint density at radius 1 is 1.88 bits per heavy atom. The fraction of sp³-hybridized carbons (Fsp3) is 0.333. The molecule has 0 aromatic heterocycles. The van der Waals surface area contributed by atoms with Gasteiger partial charge in [-0.15, -0.1) is 0 Å². The van der Waals surface area contributed by atoms with Crippen molar-refractivity contribution in [2.45, 2.75) is 0 Å². The minimum atomic E-state index is -1.88. The van der Waals surface area contributed by atoms with Gasteiger partial charge in [-0.05, 0) is 0 Å². The molecule has 0 amide bonds. The topological polar surface area (TPSA) is 37.3 Å². The average molecular weight is 175 g/mol. The van der Waals surface area contributed by atoms with Crippen LogP contribution in [0.15, 0.2) is 10.6 Å². The third kappa shape index (κ3) is 4.59. The fourth-order valence-corrected chi connectivity index (χ4v) is 0.917. The summed E-state index contributed by atoms with van der Waals surface area (Å²) in [5.74, 6) is -0.0922. The highest BCUT2D eigenvalue weighted by atomic mass is 35.5. The van der Waals surface area contributed by atoms with Crippen molar-refractivity contribution in [2.75, 3.05) is 5.75 Å². The Hall–Kier alpha value is 0.430. The molecule has 0 rings (SSSR count). The highest BCUT2D eigenvalue weighted by molar-refractivity contribution is 7.79. The first kappa shape index (κ1) is 8.43. The van der Waals surface area contributed by atoms with Gasteiger partial charge in [-0.3, -0.25) is 0 Å². The molecule has 0 radical (unpaired) electrons. The second kappa shape index (κ2) is 4.32. The zero-order chi connectivity index (χ0) is 6.57. The molecule has 0 spiro atoms. The maximum Gasteiger partial charge on any atom is 0.158 e. The molecule has 0 heterocycles. The first-order chi connectivity index (χ1) is 3.66. The molecule has 1 N–H and O–H groups in total. The van der Waals surface area contributed by atoms with Crippen LogP contribution in [0.5, 0.6) is 0 Å². The van der Waals surface area contributed by atoms with E-state index in [0.717, 1.165) is 5.54 Å². The van der Waals surface area contributed by atoms with E-state index in [2.05, 4.69) is 0 Å². The summed E-state index contributed by atoms with van der Waals surface area (Å²) in [5.41, 5.74) is 1.07. The van der Waals surface area contributed by atoms with Crippen molar-refractivity contribution in [3.05, 3.63) is 10.6 Å². The van der Waals surface area contributed by atoms with E-state index in [4.69, 9.17) is 27.8 Å². The lowest BCUT2D eigenvalue weighted by atomic mass is 10.7. The van der Waals surface area contributed by atoms with Crippen LogP contribution in [-0.4, -0.2) is 14.5 Å². The number of rotatable bonds is 2. The van der Waals surface area contributed by atoms with Gasteiger partial charge >= 0.3 is 0 Å². The molecule has 1 unspecified atom stereocenters. The zero-order valence-electron chi connectivity index (χ0n) is 3.80. The highest BCUT2D eigenvalue weighted by Crippen LogP contribution is 2.02. The van der Waals surface area contributed by atoms with Gasteiger partial charge in [-0.1, -0.05) is 23.2 Å². The molecule has 8 heavy (non-hydrogen) atoms. The molecule has 0 aliphatic rings. The van der Waals surface area contributed by atoms with Crippen LogP contribution in [0.4, 0.5) is 0 Å². The minimum absolute atomic E-state index is 0.0922. The normalized spacial score (nSPS) is 16.1. The minimum Gasteiger partial charge on any atom is -0.306 e. The molecule has 0 aromatic carbocycles. The van der Waals surface area contributed by atoms with Gasteiger partial charge in [0.2, 0.25) is 0 Å². The number of hydrogen-bond acceptors (Lipinski definition) is 1. The van der Waals surface area contributed by atoms with Crippen LogP contribution in [0, 0.1) is 0 Å². The van der Waals surface area contributed by atoms with Crippen LogP contribution in [0.25, 0.3) is 0 Å². The van der Waals surface area contributed by atoms with E-state index in [9.17, 15) is 4.21 Å². The summed E-state index contributed by atoms with van der Waals surface area (Å²) < 4.78 is 18.0. The van der Waals surface area contributed by atoms with Crippen molar-refractivity contribution >= 4 is 34.3 Å². The van der Waals surface area contributed by atoms with E-state index in [1.54, 1.807) is 0 Å². The van der Waals surface area contributed by atoms with E-state index < -0.39 is 11.1 Å². The second-order valence-corrected chi connectivity index (χ2v) is 2.66. The Morgan fingerprint density at radius 2 is 2.38 bits per heavy atom. The predicted molar refractivity (Wildman–Crippen MR) is 35.4 cm³/mol. The molecule has 0 bridgehead atoms. The largest absolute Gasteiger partial charge is 0.306 e.